The second-order valence-electron chi connectivity index (χ2n) is 3.48. The van der Waals surface area contributed by atoms with Crippen molar-refractivity contribution in [1.29, 1.82) is 0 Å². The fourth-order valence-electron chi connectivity index (χ4n) is 1.15. The summed E-state index contributed by atoms with van der Waals surface area (Å²) in [7, 11) is 0. The van der Waals surface area contributed by atoms with Gasteiger partial charge in [-0.2, -0.15) is 0 Å². The Kier molecular flexibility index (Phi) is 4.59. The number of hydrogen-bond donors (Lipinski definition) is 2. The Labute approximate surface area is 106 Å². The first kappa shape index (κ1) is 13.6. The van der Waals surface area contributed by atoms with Crippen LogP contribution in [0.3, 0.4) is 0 Å². The molecule has 1 atom stereocenters. The number of nitrogens with one attached hydrogen (secondary N) is 1. The van der Waals surface area contributed by atoms with E-state index in [9.17, 15) is 14.9 Å². The number of nitro groups is 1. The van der Waals surface area contributed by atoms with E-state index in [4.69, 9.17) is 5.11 Å². The van der Waals surface area contributed by atoms with E-state index in [0.717, 1.165) is 0 Å². The van der Waals surface area contributed by atoms with Crippen LogP contribution in [0.2, 0.25) is 0 Å². The highest BCUT2D eigenvalue weighted by atomic mass is 79.9. The molecule has 0 aliphatic rings. The van der Waals surface area contributed by atoms with E-state index in [-0.39, 0.29) is 17.9 Å². The molecule has 0 unspecified atom stereocenters. The average molecular weight is 303 g/mol. The molecule has 0 aromatic heterocycles. The SMILES string of the molecule is C[C@@H](CO)NC(=O)c1ccc(Br)c([N+](=O)[O-])c1. The lowest BCUT2D eigenvalue weighted by Crippen LogP contribution is -2.34. The van der Waals surface area contributed by atoms with Crippen LogP contribution in [-0.2, 0) is 0 Å². The van der Waals surface area contributed by atoms with Crippen LogP contribution in [0.1, 0.15) is 17.3 Å². The highest BCUT2D eigenvalue weighted by Crippen LogP contribution is 2.25. The Morgan fingerprint density at radius 1 is 1.65 bits per heavy atom. The van der Waals surface area contributed by atoms with Crippen molar-refractivity contribution in [3.63, 3.8) is 0 Å². The first-order chi connectivity index (χ1) is 7.95. The molecule has 2 N–H and O–H groups in total. The van der Waals surface area contributed by atoms with E-state index in [2.05, 4.69) is 21.2 Å². The van der Waals surface area contributed by atoms with Crippen molar-refractivity contribution < 1.29 is 14.8 Å². The lowest BCUT2D eigenvalue weighted by Gasteiger charge is -2.10. The maximum absolute atomic E-state index is 11.6. The number of nitrogens with zero attached hydrogens (tertiary/aromatic N) is 1. The van der Waals surface area contributed by atoms with Gasteiger partial charge in [-0.1, -0.05) is 0 Å². The molecule has 0 bridgehead atoms. The number of nitro benzene ring substituents is 1. The molecule has 0 aliphatic heterocycles. The number of aliphatic hydroxyl groups excluding tert-OH is 1. The molecule has 1 amide bonds. The quantitative estimate of drug-likeness (QED) is 0.650. The van der Waals surface area contributed by atoms with Crippen molar-refractivity contribution in [2.75, 3.05) is 6.61 Å². The van der Waals surface area contributed by atoms with Crippen LogP contribution >= 0.6 is 15.9 Å². The van der Waals surface area contributed by atoms with E-state index in [1.807, 2.05) is 0 Å². The molecule has 0 saturated carbocycles. The Bertz CT molecular complexity index is 450. The monoisotopic (exact) mass is 302 g/mol. The molecule has 1 aromatic rings. The van der Waals surface area contributed by atoms with E-state index < -0.39 is 16.9 Å². The molecule has 1 aromatic carbocycles. The molecule has 0 spiro atoms. The minimum atomic E-state index is -0.573. The third-order valence-corrected chi connectivity index (χ3v) is 2.73. The van der Waals surface area contributed by atoms with Crippen molar-refractivity contribution in [3.05, 3.63) is 38.3 Å². The number of halogens is 1. The lowest BCUT2D eigenvalue weighted by atomic mass is 10.2. The van der Waals surface area contributed by atoms with Gasteiger partial charge in [0.2, 0.25) is 0 Å². The zero-order chi connectivity index (χ0) is 13.0. The molecule has 0 fully saturated rings. The fraction of sp³-hybridized carbons (Fsp3) is 0.300. The standard InChI is InChI=1S/C10H11BrN2O4/c1-6(5-14)12-10(15)7-2-3-8(11)9(4-7)13(16)17/h2-4,6,14H,5H2,1H3,(H,12,15)/t6-/m0/s1. The molecule has 0 saturated heterocycles. The first-order valence-electron chi connectivity index (χ1n) is 4.81. The molecule has 17 heavy (non-hydrogen) atoms. The smallest absolute Gasteiger partial charge is 0.284 e. The van der Waals surface area contributed by atoms with Gasteiger partial charge < -0.3 is 10.4 Å². The molecule has 0 radical (unpaired) electrons. The van der Waals surface area contributed by atoms with Crippen LogP contribution < -0.4 is 5.32 Å². The van der Waals surface area contributed by atoms with Crippen LogP contribution in [-0.4, -0.2) is 28.6 Å². The van der Waals surface area contributed by atoms with Crippen LogP contribution in [0, 0.1) is 10.1 Å². The van der Waals surface area contributed by atoms with Crippen molar-refractivity contribution in [2.45, 2.75) is 13.0 Å². The molecule has 0 aliphatic carbocycles. The zero-order valence-corrected chi connectivity index (χ0v) is 10.6. The Balaban J connectivity index is 2.96. The van der Waals surface area contributed by atoms with Gasteiger partial charge >= 0.3 is 0 Å². The Morgan fingerprint density at radius 3 is 2.82 bits per heavy atom. The third-order valence-electron chi connectivity index (χ3n) is 2.06. The van der Waals surface area contributed by atoms with Crippen molar-refractivity contribution in [2.24, 2.45) is 0 Å². The maximum Gasteiger partial charge on any atom is 0.284 e. The largest absolute Gasteiger partial charge is 0.394 e. The van der Waals surface area contributed by atoms with Gasteiger partial charge in [0.1, 0.15) is 0 Å². The second-order valence-corrected chi connectivity index (χ2v) is 4.33. The number of amides is 1. The summed E-state index contributed by atoms with van der Waals surface area (Å²) in [5.41, 5.74) is 0.00880. The second kappa shape index (κ2) is 5.74. The van der Waals surface area contributed by atoms with Gasteiger partial charge in [-0.3, -0.25) is 14.9 Å². The number of rotatable bonds is 4. The molecule has 1 rings (SSSR count). The van der Waals surface area contributed by atoms with E-state index >= 15 is 0 Å². The summed E-state index contributed by atoms with van der Waals surface area (Å²) in [5.74, 6) is -0.456. The molecular formula is C10H11BrN2O4. The minimum Gasteiger partial charge on any atom is -0.394 e. The summed E-state index contributed by atoms with van der Waals surface area (Å²) in [6.07, 6.45) is 0. The molecular weight excluding hydrogens is 292 g/mol. The van der Waals surface area contributed by atoms with Crippen LogP contribution in [0.25, 0.3) is 0 Å². The summed E-state index contributed by atoms with van der Waals surface area (Å²) < 4.78 is 0.314. The van der Waals surface area contributed by atoms with Gasteiger partial charge in [-0.25, -0.2) is 0 Å². The van der Waals surface area contributed by atoms with Gasteiger partial charge in [-0.05, 0) is 35.0 Å². The van der Waals surface area contributed by atoms with Crippen molar-refractivity contribution >= 4 is 27.5 Å². The summed E-state index contributed by atoms with van der Waals surface area (Å²) in [4.78, 5) is 21.7. The summed E-state index contributed by atoms with van der Waals surface area (Å²) in [6, 6.07) is 3.70. The van der Waals surface area contributed by atoms with Crippen LogP contribution in [0.5, 0.6) is 0 Å². The normalized spacial score (nSPS) is 11.9. The number of aliphatic hydroxyl groups is 1. The molecule has 7 heteroatoms. The van der Waals surface area contributed by atoms with Gasteiger partial charge in [0.25, 0.3) is 11.6 Å². The van der Waals surface area contributed by atoms with Crippen molar-refractivity contribution in [1.82, 2.24) is 5.32 Å². The average Bonchev–Trinajstić information content (AvgIpc) is 2.28. The highest BCUT2D eigenvalue weighted by molar-refractivity contribution is 9.10. The van der Waals surface area contributed by atoms with E-state index in [1.54, 1.807) is 6.92 Å². The van der Waals surface area contributed by atoms with Gasteiger partial charge in [0, 0.05) is 17.7 Å². The summed E-state index contributed by atoms with van der Waals surface area (Å²) >= 11 is 3.03. The number of hydrogen-bond acceptors (Lipinski definition) is 4. The first-order valence-corrected chi connectivity index (χ1v) is 5.60. The predicted molar refractivity (Wildman–Crippen MR) is 64.8 cm³/mol. The number of benzene rings is 1. The van der Waals surface area contributed by atoms with Gasteiger partial charge in [-0.15, -0.1) is 0 Å². The van der Waals surface area contributed by atoms with E-state index in [0.29, 0.717) is 4.47 Å². The maximum atomic E-state index is 11.6. The van der Waals surface area contributed by atoms with Gasteiger partial charge in [0.15, 0.2) is 0 Å². The zero-order valence-electron chi connectivity index (χ0n) is 9.01. The molecule has 92 valence electrons. The van der Waals surface area contributed by atoms with Crippen LogP contribution in [0.15, 0.2) is 22.7 Å². The van der Waals surface area contributed by atoms with Crippen LogP contribution in [0.4, 0.5) is 5.69 Å². The van der Waals surface area contributed by atoms with Gasteiger partial charge in [0.05, 0.1) is 16.0 Å². The summed E-state index contributed by atoms with van der Waals surface area (Å²) in [5, 5.41) is 22.0. The van der Waals surface area contributed by atoms with E-state index in [1.165, 1.54) is 18.2 Å². The Hall–Kier alpha value is -1.47. The third kappa shape index (κ3) is 3.50. The summed E-state index contributed by atoms with van der Waals surface area (Å²) in [6.45, 7) is 1.44. The molecule has 0 heterocycles. The lowest BCUT2D eigenvalue weighted by molar-refractivity contribution is -0.385. The topological polar surface area (TPSA) is 92.5 Å². The molecule has 6 nitrogen and oxygen atoms in total. The fourth-order valence-corrected chi connectivity index (χ4v) is 1.54. The Morgan fingerprint density at radius 2 is 2.29 bits per heavy atom. The highest BCUT2D eigenvalue weighted by Gasteiger charge is 2.16. The van der Waals surface area contributed by atoms with Crippen molar-refractivity contribution in [3.8, 4) is 0 Å². The number of carbonyl (C=O) groups is 1. The number of carbonyl (C=O) groups excluding carboxylic acids is 1. The minimum absolute atomic E-state index is 0.172. The predicted octanol–water partition coefficient (Wildman–Crippen LogP) is 1.47.